The van der Waals surface area contributed by atoms with Gasteiger partial charge >= 0.3 is 0 Å². The summed E-state index contributed by atoms with van der Waals surface area (Å²) in [6.07, 6.45) is 0.343. The van der Waals surface area contributed by atoms with Crippen molar-refractivity contribution in [3.63, 3.8) is 0 Å². The van der Waals surface area contributed by atoms with Crippen molar-refractivity contribution in [1.82, 2.24) is 0 Å². The molecule has 1 saturated heterocycles. The van der Waals surface area contributed by atoms with Crippen molar-refractivity contribution >= 4 is 0 Å². The van der Waals surface area contributed by atoms with Gasteiger partial charge in [0.25, 0.3) is 0 Å². The highest BCUT2D eigenvalue weighted by Crippen LogP contribution is 2.13. The van der Waals surface area contributed by atoms with Gasteiger partial charge in [0.2, 0.25) is 0 Å². The number of epoxide rings is 1. The first-order valence-corrected chi connectivity index (χ1v) is 5.88. The molecule has 0 bridgehead atoms. The predicted molar refractivity (Wildman–Crippen MR) is 72.3 cm³/mol. The van der Waals surface area contributed by atoms with Gasteiger partial charge < -0.3 is 14.6 Å². The van der Waals surface area contributed by atoms with E-state index in [2.05, 4.69) is 0 Å². The number of benzene rings is 2. The third-order valence-corrected chi connectivity index (χ3v) is 2.34. The highest BCUT2D eigenvalue weighted by molar-refractivity contribution is 5.21. The van der Waals surface area contributed by atoms with Crippen LogP contribution in [-0.4, -0.2) is 24.4 Å². The van der Waals surface area contributed by atoms with E-state index in [0.717, 1.165) is 12.4 Å². The highest BCUT2D eigenvalue weighted by Gasteiger charge is 2.22. The molecule has 1 unspecified atom stereocenters. The largest absolute Gasteiger partial charge is 0.508 e. The molecule has 1 aliphatic rings. The Hall–Kier alpha value is -2.07. The monoisotopic (exact) mass is 264 g/mol. The summed E-state index contributed by atoms with van der Waals surface area (Å²) in [4.78, 5) is 0. The Labute approximate surface area is 111 Å². The lowest BCUT2D eigenvalue weighted by Crippen LogP contribution is -2.03. The maximum atomic E-state index is 8.63. The van der Waals surface area contributed by atoms with Crippen molar-refractivity contribution in [1.29, 1.82) is 0 Å². The highest BCUT2D eigenvalue weighted by atomic mass is 19.0. The fourth-order valence-corrected chi connectivity index (χ4v) is 1.30. The van der Waals surface area contributed by atoms with E-state index in [1.807, 2.05) is 36.4 Å². The number of halogens is 1. The number of phenolic OH excluding ortho intramolecular Hbond substituents is 1. The summed E-state index contributed by atoms with van der Waals surface area (Å²) in [5.41, 5.74) is 0. The van der Waals surface area contributed by atoms with Gasteiger partial charge in [0.15, 0.2) is 0 Å². The van der Waals surface area contributed by atoms with Crippen LogP contribution in [0.3, 0.4) is 0 Å². The van der Waals surface area contributed by atoms with Crippen molar-refractivity contribution in [2.75, 3.05) is 13.2 Å². The molecule has 2 aromatic rings. The minimum atomic E-state index is 0. The summed E-state index contributed by atoms with van der Waals surface area (Å²) in [6.45, 7) is 1.54. The van der Waals surface area contributed by atoms with Gasteiger partial charge in [-0.25, -0.2) is 0 Å². The van der Waals surface area contributed by atoms with Gasteiger partial charge in [-0.15, -0.1) is 0 Å². The molecule has 3 rings (SSSR count). The molecule has 2 aromatic carbocycles. The van der Waals surface area contributed by atoms with E-state index in [1.165, 1.54) is 0 Å². The molecule has 102 valence electrons. The Morgan fingerprint density at radius 2 is 1.53 bits per heavy atom. The topological polar surface area (TPSA) is 42.0 Å². The Bertz CT molecular complexity index is 443. The summed E-state index contributed by atoms with van der Waals surface area (Å²) in [7, 11) is 0. The SMILES string of the molecule is F.Oc1ccccc1.c1ccc(OCC2CO2)cc1. The van der Waals surface area contributed by atoms with Crippen LogP contribution in [0.25, 0.3) is 0 Å². The molecule has 4 heteroatoms. The van der Waals surface area contributed by atoms with E-state index in [-0.39, 0.29) is 4.70 Å². The number of phenols is 1. The molecule has 0 radical (unpaired) electrons. The molecular formula is C15H17FO3. The van der Waals surface area contributed by atoms with Crippen LogP contribution in [0, 0.1) is 0 Å². The van der Waals surface area contributed by atoms with Gasteiger partial charge in [-0.3, -0.25) is 4.70 Å². The summed E-state index contributed by atoms with van der Waals surface area (Å²) in [6, 6.07) is 18.5. The third-order valence-electron chi connectivity index (χ3n) is 2.34. The van der Waals surface area contributed by atoms with Crippen molar-refractivity contribution < 1.29 is 19.3 Å². The smallest absolute Gasteiger partial charge is 0.119 e. The number of rotatable bonds is 3. The van der Waals surface area contributed by atoms with Gasteiger partial charge in [-0.1, -0.05) is 36.4 Å². The number of hydrogen-bond donors (Lipinski definition) is 1. The zero-order valence-corrected chi connectivity index (χ0v) is 10.4. The molecule has 0 aromatic heterocycles. The molecule has 0 saturated carbocycles. The Kier molecular flexibility index (Phi) is 6.39. The van der Waals surface area contributed by atoms with Crippen LogP contribution < -0.4 is 4.74 Å². The van der Waals surface area contributed by atoms with Gasteiger partial charge in [0.1, 0.15) is 24.2 Å². The quantitative estimate of drug-likeness (QED) is 0.866. The van der Waals surface area contributed by atoms with E-state index >= 15 is 0 Å². The van der Waals surface area contributed by atoms with Crippen LogP contribution in [0.15, 0.2) is 60.7 Å². The second-order valence-corrected chi connectivity index (χ2v) is 3.91. The second kappa shape index (κ2) is 8.11. The summed E-state index contributed by atoms with van der Waals surface area (Å²) < 4.78 is 10.4. The molecule has 19 heavy (non-hydrogen) atoms. The molecule has 1 heterocycles. The van der Waals surface area contributed by atoms with E-state index in [1.54, 1.807) is 24.3 Å². The van der Waals surface area contributed by atoms with Crippen molar-refractivity contribution in [3.05, 3.63) is 60.7 Å². The Morgan fingerprint density at radius 3 is 1.95 bits per heavy atom. The molecule has 0 amide bonds. The average Bonchev–Trinajstić information content (AvgIpc) is 3.23. The minimum Gasteiger partial charge on any atom is -0.508 e. The second-order valence-electron chi connectivity index (χ2n) is 3.91. The third kappa shape index (κ3) is 6.43. The van der Waals surface area contributed by atoms with Crippen molar-refractivity contribution in [3.8, 4) is 11.5 Å². The van der Waals surface area contributed by atoms with Crippen LogP contribution in [0.2, 0.25) is 0 Å². The average molecular weight is 264 g/mol. The number of aromatic hydroxyl groups is 1. The lowest BCUT2D eigenvalue weighted by atomic mass is 10.3. The number of hydrogen-bond acceptors (Lipinski definition) is 3. The number of para-hydroxylation sites is 2. The maximum absolute atomic E-state index is 8.63. The van der Waals surface area contributed by atoms with Crippen LogP contribution in [-0.2, 0) is 4.74 Å². The lowest BCUT2D eigenvalue weighted by Gasteiger charge is -2.01. The standard InChI is InChI=1S/C9H10O2.C6H6O.FH/c1-2-4-8(5-3-1)10-6-9-7-11-9;7-6-4-2-1-3-5-6;/h1-5,9H,6-7H2;1-5,7H;1H. The first-order valence-electron chi connectivity index (χ1n) is 5.88. The summed E-state index contributed by atoms with van der Waals surface area (Å²) >= 11 is 0. The fourth-order valence-electron chi connectivity index (χ4n) is 1.30. The van der Waals surface area contributed by atoms with Gasteiger partial charge in [0, 0.05) is 0 Å². The van der Waals surface area contributed by atoms with Crippen LogP contribution in [0.5, 0.6) is 11.5 Å². The lowest BCUT2D eigenvalue weighted by molar-refractivity contribution is 0.263. The number of ether oxygens (including phenoxy) is 2. The van der Waals surface area contributed by atoms with Crippen LogP contribution in [0.1, 0.15) is 0 Å². The van der Waals surface area contributed by atoms with Crippen molar-refractivity contribution in [2.45, 2.75) is 6.10 Å². The molecule has 1 atom stereocenters. The molecule has 1 N–H and O–H groups in total. The molecular weight excluding hydrogens is 247 g/mol. The van der Waals surface area contributed by atoms with Crippen molar-refractivity contribution in [2.24, 2.45) is 0 Å². The zero-order chi connectivity index (χ0) is 12.6. The van der Waals surface area contributed by atoms with E-state index in [0.29, 0.717) is 18.5 Å². The molecule has 0 spiro atoms. The van der Waals surface area contributed by atoms with E-state index in [4.69, 9.17) is 14.6 Å². The van der Waals surface area contributed by atoms with Crippen LogP contribution >= 0.6 is 0 Å². The Balaban J connectivity index is 0.000000198. The maximum Gasteiger partial charge on any atom is 0.119 e. The predicted octanol–water partition coefficient (Wildman–Crippen LogP) is 3.01. The van der Waals surface area contributed by atoms with Crippen LogP contribution in [0.4, 0.5) is 4.70 Å². The molecule has 1 aliphatic heterocycles. The normalized spacial score (nSPS) is 15.5. The summed E-state index contributed by atoms with van der Waals surface area (Å²) in [5.74, 6) is 1.24. The fraction of sp³-hybridized carbons (Fsp3) is 0.200. The first-order chi connectivity index (χ1) is 8.84. The molecule has 3 nitrogen and oxygen atoms in total. The van der Waals surface area contributed by atoms with E-state index < -0.39 is 0 Å². The molecule has 1 fully saturated rings. The first kappa shape index (κ1) is 15.0. The summed E-state index contributed by atoms with van der Waals surface area (Å²) in [5, 5.41) is 8.63. The van der Waals surface area contributed by atoms with Gasteiger partial charge in [0.05, 0.1) is 6.61 Å². The van der Waals surface area contributed by atoms with E-state index in [9.17, 15) is 0 Å². The Morgan fingerprint density at radius 1 is 1.00 bits per heavy atom. The van der Waals surface area contributed by atoms with Gasteiger partial charge in [-0.05, 0) is 24.3 Å². The molecule has 0 aliphatic carbocycles. The minimum absolute atomic E-state index is 0. The van der Waals surface area contributed by atoms with Gasteiger partial charge in [-0.2, -0.15) is 0 Å². The zero-order valence-electron chi connectivity index (χ0n) is 10.4.